The molecule has 0 fully saturated rings. The number of hydrogen-bond donors (Lipinski definition) is 2. The summed E-state index contributed by atoms with van der Waals surface area (Å²) in [5.74, 6) is 1.41. The van der Waals surface area contributed by atoms with E-state index in [2.05, 4.69) is 5.32 Å². The van der Waals surface area contributed by atoms with Crippen molar-refractivity contribution in [1.82, 2.24) is 5.32 Å². The highest BCUT2D eigenvalue weighted by Crippen LogP contribution is 2.15. The maximum absolute atomic E-state index is 11.0. The van der Waals surface area contributed by atoms with Crippen molar-refractivity contribution >= 4 is 15.9 Å². The molecule has 0 radical (unpaired) electrons. The molecule has 1 aromatic rings. The van der Waals surface area contributed by atoms with E-state index in [-0.39, 0.29) is 10.9 Å². The average Bonchev–Trinajstić information content (AvgIpc) is 2.27. The van der Waals surface area contributed by atoms with Crippen molar-refractivity contribution in [2.24, 2.45) is 5.14 Å². The largest absolute Gasteiger partial charge is 0.339 e. The summed E-state index contributed by atoms with van der Waals surface area (Å²) in [6.45, 7) is 1.74. The summed E-state index contributed by atoms with van der Waals surface area (Å²) in [5.41, 5.74) is 0.737. The van der Waals surface area contributed by atoms with Crippen LogP contribution in [0.2, 0.25) is 0 Å². The van der Waals surface area contributed by atoms with Crippen molar-refractivity contribution in [2.45, 2.75) is 17.9 Å². The Morgan fingerprint density at radius 2 is 1.94 bits per heavy atom. The number of nitrogens with two attached hydrogens (primary N) is 1. The molecular weight excluding hydrogens is 240 g/mol. The number of amides is 1. The monoisotopic (exact) mass is 252 g/mol. The first-order chi connectivity index (χ1) is 7.84. The molecule has 0 bridgehead atoms. The molecule has 0 aliphatic rings. The summed E-state index contributed by atoms with van der Waals surface area (Å²) < 4.78 is 22.0. The number of nitrogens with one attached hydrogen (secondary N) is 1. The Balaban J connectivity index is 2.89. The number of primary sulfonamides is 1. The number of terminal acetylenes is 1. The van der Waals surface area contributed by atoms with Gasteiger partial charge in [0.05, 0.1) is 10.9 Å². The van der Waals surface area contributed by atoms with Gasteiger partial charge in [-0.05, 0) is 30.5 Å². The van der Waals surface area contributed by atoms with Gasteiger partial charge in [-0.3, -0.25) is 4.79 Å². The Bertz CT molecular complexity index is 555. The quantitative estimate of drug-likeness (QED) is 0.750. The zero-order chi connectivity index (χ0) is 13.1. The minimum Gasteiger partial charge on any atom is -0.339 e. The third-order valence-corrected chi connectivity index (χ3v) is 3.12. The van der Waals surface area contributed by atoms with Gasteiger partial charge in [-0.15, -0.1) is 6.42 Å². The number of sulfonamides is 1. The van der Waals surface area contributed by atoms with Crippen LogP contribution in [0, 0.1) is 12.3 Å². The second kappa shape index (κ2) is 4.99. The average molecular weight is 252 g/mol. The number of carbonyl (C=O) groups excluding carboxylic acids is 1. The molecule has 0 saturated heterocycles. The summed E-state index contributed by atoms with van der Waals surface area (Å²) in [5, 5.41) is 7.51. The van der Waals surface area contributed by atoms with Crippen LogP contribution in [0.4, 0.5) is 0 Å². The summed E-state index contributed by atoms with van der Waals surface area (Å²) in [7, 11) is -3.69. The van der Waals surface area contributed by atoms with E-state index >= 15 is 0 Å². The predicted octanol–water partition coefficient (Wildman–Crippen LogP) is 0.144. The molecule has 0 aliphatic carbocycles. The van der Waals surface area contributed by atoms with Gasteiger partial charge in [-0.25, -0.2) is 13.6 Å². The van der Waals surface area contributed by atoms with Crippen LogP contribution in [0.15, 0.2) is 29.2 Å². The SMILES string of the molecule is C#CC(=O)NC(C)c1ccc(S(N)(=O)=O)cc1. The molecule has 0 aliphatic heterocycles. The molecule has 1 unspecified atom stereocenters. The van der Waals surface area contributed by atoms with E-state index in [1.807, 2.05) is 5.92 Å². The summed E-state index contributed by atoms with van der Waals surface area (Å²) >= 11 is 0. The van der Waals surface area contributed by atoms with Crippen LogP contribution in [0.25, 0.3) is 0 Å². The van der Waals surface area contributed by atoms with Gasteiger partial charge in [0.2, 0.25) is 10.0 Å². The van der Waals surface area contributed by atoms with Gasteiger partial charge in [-0.1, -0.05) is 12.1 Å². The van der Waals surface area contributed by atoms with E-state index in [1.165, 1.54) is 12.1 Å². The second-order valence-corrected chi connectivity index (χ2v) is 5.01. The van der Waals surface area contributed by atoms with Crippen LogP contribution in [-0.4, -0.2) is 14.3 Å². The Labute approximate surface area is 100 Å². The lowest BCUT2D eigenvalue weighted by molar-refractivity contribution is -0.116. The lowest BCUT2D eigenvalue weighted by atomic mass is 10.1. The van der Waals surface area contributed by atoms with Gasteiger partial charge < -0.3 is 5.32 Å². The molecule has 0 spiro atoms. The van der Waals surface area contributed by atoms with Gasteiger partial charge in [0.25, 0.3) is 5.91 Å². The standard InChI is InChI=1S/C11H12N2O3S/c1-3-11(14)13-8(2)9-4-6-10(7-5-9)17(12,15)16/h1,4-8H,2H3,(H,13,14)(H2,12,15,16). The van der Waals surface area contributed by atoms with E-state index in [0.29, 0.717) is 0 Å². The number of rotatable bonds is 3. The van der Waals surface area contributed by atoms with Crippen LogP contribution in [0.3, 0.4) is 0 Å². The minimum atomic E-state index is -3.69. The lowest BCUT2D eigenvalue weighted by Crippen LogP contribution is -2.24. The first-order valence-electron chi connectivity index (χ1n) is 4.74. The van der Waals surface area contributed by atoms with Crippen LogP contribution in [0.5, 0.6) is 0 Å². The highest BCUT2D eigenvalue weighted by molar-refractivity contribution is 7.89. The number of benzene rings is 1. The van der Waals surface area contributed by atoms with E-state index in [0.717, 1.165) is 5.56 Å². The fourth-order valence-electron chi connectivity index (χ4n) is 1.27. The molecular formula is C11H12N2O3S. The first-order valence-corrected chi connectivity index (χ1v) is 6.29. The van der Waals surface area contributed by atoms with Crippen LogP contribution in [-0.2, 0) is 14.8 Å². The zero-order valence-corrected chi connectivity index (χ0v) is 9.99. The molecule has 1 aromatic carbocycles. The number of hydrogen-bond acceptors (Lipinski definition) is 3. The fourth-order valence-corrected chi connectivity index (χ4v) is 1.78. The van der Waals surface area contributed by atoms with Crippen molar-refractivity contribution in [2.75, 3.05) is 0 Å². The molecule has 3 N–H and O–H groups in total. The molecule has 1 atom stereocenters. The van der Waals surface area contributed by atoms with Crippen molar-refractivity contribution < 1.29 is 13.2 Å². The normalized spacial score (nSPS) is 12.5. The highest BCUT2D eigenvalue weighted by Gasteiger charge is 2.10. The second-order valence-electron chi connectivity index (χ2n) is 3.45. The van der Waals surface area contributed by atoms with E-state index in [1.54, 1.807) is 19.1 Å². The van der Waals surface area contributed by atoms with Crippen molar-refractivity contribution in [1.29, 1.82) is 0 Å². The van der Waals surface area contributed by atoms with Crippen molar-refractivity contribution in [3.8, 4) is 12.3 Å². The predicted molar refractivity (Wildman–Crippen MR) is 63.2 cm³/mol. The van der Waals surface area contributed by atoms with E-state index < -0.39 is 15.9 Å². The summed E-state index contributed by atoms with van der Waals surface area (Å²) in [4.78, 5) is 11.0. The van der Waals surface area contributed by atoms with Gasteiger partial charge in [-0.2, -0.15) is 0 Å². The first kappa shape index (κ1) is 13.2. The van der Waals surface area contributed by atoms with Crippen LogP contribution in [0.1, 0.15) is 18.5 Å². The third-order valence-electron chi connectivity index (χ3n) is 2.19. The number of carbonyl (C=O) groups is 1. The minimum absolute atomic E-state index is 0.0247. The molecule has 17 heavy (non-hydrogen) atoms. The smallest absolute Gasteiger partial charge is 0.296 e. The van der Waals surface area contributed by atoms with Crippen LogP contribution >= 0.6 is 0 Å². The summed E-state index contributed by atoms with van der Waals surface area (Å²) in [6, 6.07) is 5.60. The van der Waals surface area contributed by atoms with Crippen molar-refractivity contribution in [3.63, 3.8) is 0 Å². The van der Waals surface area contributed by atoms with E-state index in [9.17, 15) is 13.2 Å². The Morgan fingerprint density at radius 3 is 2.35 bits per heavy atom. The maximum atomic E-state index is 11.0. The lowest BCUT2D eigenvalue weighted by Gasteiger charge is -2.12. The van der Waals surface area contributed by atoms with Crippen LogP contribution < -0.4 is 10.5 Å². The summed E-state index contributed by atoms with van der Waals surface area (Å²) in [6.07, 6.45) is 4.92. The molecule has 0 aromatic heterocycles. The molecule has 0 heterocycles. The maximum Gasteiger partial charge on any atom is 0.296 e. The van der Waals surface area contributed by atoms with Gasteiger partial charge in [0.1, 0.15) is 0 Å². The van der Waals surface area contributed by atoms with Gasteiger partial charge in [0, 0.05) is 0 Å². The van der Waals surface area contributed by atoms with Gasteiger partial charge >= 0.3 is 0 Å². The molecule has 0 saturated carbocycles. The molecule has 5 nitrogen and oxygen atoms in total. The molecule has 90 valence electrons. The zero-order valence-electron chi connectivity index (χ0n) is 9.17. The van der Waals surface area contributed by atoms with E-state index in [4.69, 9.17) is 11.6 Å². The van der Waals surface area contributed by atoms with Crippen molar-refractivity contribution in [3.05, 3.63) is 29.8 Å². The fraction of sp³-hybridized carbons (Fsp3) is 0.182. The Hall–Kier alpha value is -1.84. The highest BCUT2D eigenvalue weighted by atomic mass is 32.2. The molecule has 1 amide bonds. The topological polar surface area (TPSA) is 89.3 Å². The van der Waals surface area contributed by atoms with Gasteiger partial charge in [0.15, 0.2) is 0 Å². The molecule has 1 rings (SSSR count). The Kier molecular flexibility index (Phi) is 3.89. The third kappa shape index (κ3) is 3.59. The molecule has 6 heteroatoms. The Morgan fingerprint density at radius 1 is 1.41 bits per heavy atom.